The van der Waals surface area contributed by atoms with Crippen LogP contribution in [0.5, 0.6) is 0 Å². The van der Waals surface area contributed by atoms with E-state index >= 15 is 0 Å². The zero-order valence-corrected chi connectivity index (χ0v) is 11.3. The summed E-state index contributed by atoms with van der Waals surface area (Å²) in [6.45, 7) is 0. The Morgan fingerprint density at radius 3 is 2.76 bits per heavy atom. The molecule has 0 saturated heterocycles. The molecule has 2 aromatic heterocycles. The molecule has 3 rings (SSSR count). The average Bonchev–Trinajstić information content (AvgIpc) is 2.97. The molecule has 0 amide bonds. The van der Waals surface area contributed by atoms with Gasteiger partial charge in [-0.3, -0.25) is 0 Å². The molecular formula is C14H8FN3O2S. The van der Waals surface area contributed by atoms with Crippen LogP contribution in [0.3, 0.4) is 0 Å². The Bertz CT molecular complexity index is 847. The number of hydrogen-bond acceptors (Lipinski definition) is 5. The number of benzene rings is 1. The highest BCUT2D eigenvalue weighted by molar-refractivity contribution is 7.03. The van der Waals surface area contributed by atoms with Crippen LogP contribution in [0.1, 0.15) is 21.7 Å². The average molecular weight is 301 g/mol. The van der Waals surface area contributed by atoms with Crippen molar-refractivity contribution in [2.24, 2.45) is 0 Å². The van der Waals surface area contributed by atoms with Gasteiger partial charge < -0.3 is 5.11 Å². The first-order valence-corrected chi connectivity index (χ1v) is 6.76. The zero-order chi connectivity index (χ0) is 14.8. The lowest BCUT2D eigenvalue weighted by Gasteiger charge is -2.04. The lowest BCUT2D eigenvalue weighted by Crippen LogP contribution is -2.00. The molecule has 1 aromatic carbocycles. The molecule has 0 radical (unpaired) electrons. The largest absolute Gasteiger partial charge is 0.478 e. The molecule has 0 atom stereocenters. The van der Waals surface area contributed by atoms with Gasteiger partial charge in [-0.25, -0.2) is 14.2 Å². The first kappa shape index (κ1) is 13.3. The summed E-state index contributed by atoms with van der Waals surface area (Å²) in [5.41, 5.74) is 1.44. The minimum Gasteiger partial charge on any atom is -0.478 e. The summed E-state index contributed by atoms with van der Waals surface area (Å²) in [5.74, 6) is -1.55. The Hall–Kier alpha value is -2.67. The van der Waals surface area contributed by atoms with E-state index in [2.05, 4.69) is 14.6 Å². The molecule has 0 aliphatic carbocycles. The van der Waals surface area contributed by atoms with Crippen LogP contribution in [0.4, 0.5) is 4.39 Å². The number of carboxylic acids is 1. The monoisotopic (exact) mass is 301 g/mol. The molecule has 5 nitrogen and oxygen atoms in total. The Morgan fingerprint density at radius 2 is 2.05 bits per heavy atom. The molecule has 0 aliphatic heterocycles. The third kappa shape index (κ3) is 2.77. The molecule has 0 aliphatic rings. The van der Waals surface area contributed by atoms with Gasteiger partial charge in [-0.15, -0.1) is 5.10 Å². The molecule has 3 aromatic rings. The van der Waals surface area contributed by atoms with Crippen LogP contribution in [-0.4, -0.2) is 25.6 Å². The Morgan fingerprint density at radius 1 is 1.24 bits per heavy atom. The molecule has 2 heterocycles. The third-order valence-corrected chi connectivity index (χ3v) is 3.35. The van der Waals surface area contributed by atoms with Crippen molar-refractivity contribution in [3.8, 4) is 0 Å². The fourth-order valence-electron chi connectivity index (χ4n) is 1.90. The molecule has 0 saturated carbocycles. The highest BCUT2D eigenvalue weighted by atomic mass is 32.1. The molecule has 1 N–H and O–H groups in total. The number of pyridine rings is 1. The molecule has 0 unspecified atom stereocenters. The van der Waals surface area contributed by atoms with Crippen LogP contribution >= 0.6 is 11.5 Å². The van der Waals surface area contributed by atoms with Gasteiger partial charge in [-0.1, -0.05) is 4.49 Å². The number of nitrogens with zero attached hydrogens (tertiary/aromatic N) is 3. The number of hydrogen-bond donors (Lipinski definition) is 1. The fourth-order valence-corrected chi connectivity index (χ4v) is 2.32. The minimum atomic E-state index is -1.08. The van der Waals surface area contributed by atoms with Gasteiger partial charge in [0.1, 0.15) is 5.82 Å². The second kappa shape index (κ2) is 5.37. The zero-order valence-electron chi connectivity index (χ0n) is 10.5. The van der Waals surface area contributed by atoms with Crippen LogP contribution in [0.15, 0.2) is 29.6 Å². The predicted octanol–water partition coefficient (Wildman–Crippen LogP) is 3.09. The molecule has 0 fully saturated rings. The highest BCUT2D eigenvalue weighted by Crippen LogP contribution is 2.21. The normalized spacial score (nSPS) is 11.3. The molecule has 0 bridgehead atoms. The van der Waals surface area contributed by atoms with Gasteiger partial charge in [-0.2, -0.15) is 0 Å². The number of carboxylic acid groups (broad SMARTS) is 1. The van der Waals surface area contributed by atoms with Gasteiger partial charge in [0.25, 0.3) is 0 Å². The van der Waals surface area contributed by atoms with Gasteiger partial charge >= 0.3 is 5.97 Å². The number of fused-ring (bicyclic) bond motifs is 1. The summed E-state index contributed by atoms with van der Waals surface area (Å²) in [4.78, 5) is 15.6. The van der Waals surface area contributed by atoms with E-state index in [-0.39, 0.29) is 5.56 Å². The van der Waals surface area contributed by atoms with Crippen molar-refractivity contribution in [2.75, 3.05) is 0 Å². The quantitative estimate of drug-likeness (QED) is 0.804. The van der Waals surface area contributed by atoms with Crippen molar-refractivity contribution >= 4 is 40.6 Å². The van der Waals surface area contributed by atoms with E-state index in [1.54, 1.807) is 17.5 Å². The lowest BCUT2D eigenvalue weighted by molar-refractivity contribution is 0.0699. The smallest absolute Gasteiger partial charge is 0.336 e. The van der Waals surface area contributed by atoms with Crippen LogP contribution in [0.25, 0.3) is 23.1 Å². The Labute approximate surface area is 122 Å². The summed E-state index contributed by atoms with van der Waals surface area (Å²) in [6.07, 6.45) is 3.29. The maximum atomic E-state index is 13.3. The van der Waals surface area contributed by atoms with Crippen molar-refractivity contribution in [1.82, 2.24) is 14.6 Å². The number of rotatable bonds is 3. The van der Waals surface area contributed by atoms with Gasteiger partial charge in [0.2, 0.25) is 0 Å². The first-order chi connectivity index (χ1) is 10.1. The van der Waals surface area contributed by atoms with Crippen molar-refractivity contribution < 1.29 is 14.3 Å². The van der Waals surface area contributed by atoms with E-state index in [9.17, 15) is 14.3 Å². The van der Waals surface area contributed by atoms with Crippen molar-refractivity contribution in [1.29, 1.82) is 0 Å². The van der Waals surface area contributed by atoms with E-state index in [0.29, 0.717) is 22.3 Å². The van der Waals surface area contributed by atoms with Crippen molar-refractivity contribution in [2.45, 2.75) is 0 Å². The van der Waals surface area contributed by atoms with E-state index < -0.39 is 11.8 Å². The Balaban J connectivity index is 2.13. The first-order valence-electron chi connectivity index (χ1n) is 5.92. The maximum absolute atomic E-state index is 13.3. The second-order valence-electron chi connectivity index (χ2n) is 4.22. The molecule has 104 valence electrons. The molecule has 21 heavy (non-hydrogen) atoms. The summed E-state index contributed by atoms with van der Waals surface area (Å²) in [5, 5.41) is 15.3. The third-order valence-electron chi connectivity index (χ3n) is 2.82. The van der Waals surface area contributed by atoms with E-state index in [4.69, 9.17) is 0 Å². The van der Waals surface area contributed by atoms with Crippen molar-refractivity contribution in [3.63, 3.8) is 0 Å². The van der Waals surface area contributed by atoms with Gasteiger partial charge in [0, 0.05) is 16.8 Å². The van der Waals surface area contributed by atoms with Gasteiger partial charge in [0.05, 0.1) is 22.5 Å². The van der Waals surface area contributed by atoms with Crippen LogP contribution in [0.2, 0.25) is 0 Å². The summed E-state index contributed by atoms with van der Waals surface area (Å²) in [6, 6.07) is 5.29. The summed E-state index contributed by atoms with van der Waals surface area (Å²) in [7, 11) is 0. The summed E-state index contributed by atoms with van der Waals surface area (Å²) < 4.78 is 17.0. The predicted molar refractivity (Wildman–Crippen MR) is 77.5 cm³/mol. The maximum Gasteiger partial charge on any atom is 0.336 e. The Kier molecular flexibility index (Phi) is 3.41. The molecule has 7 heteroatoms. The van der Waals surface area contributed by atoms with E-state index in [0.717, 1.165) is 0 Å². The standard InChI is InChI=1S/C14H8FN3O2S/c15-8-1-4-11-12(14(19)20)6-9(16-13(11)5-8)2-3-10-7-21-18-17-10/h1-7H,(H,19,20)/b3-2+. The molecule has 0 spiro atoms. The van der Waals surface area contributed by atoms with Crippen molar-refractivity contribution in [3.05, 3.63) is 52.4 Å². The SMILES string of the molecule is O=C(O)c1cc(/C=C/c2csnn2)nc2cc(F)ccc12. The number of aromatic nitrogens is 3. The van der Waals surface area contributed by atoms with Crippen LogP contribution in [-0.2, 0) is 0 Å². The minimum absolute atomic E-state index is 0.0797. The van der Waals surface area contributed by atoms with Gasteiger partial charge in [-0.05, 0) is 41.9 Å². The van der Waals surface area contributed by atoms with Crippen LogP contribution < -0.4 is 0 Å². The van der Waals surface area contributed by atoms with E-state index in [1.807, 2.05) is 0 Å². The van der Waals surface area contributed by atoms with E-state index in [1.165, 1.54) is 35.8 Å². The van der Waals surface area contributed by atoms with Gasteiger partial charge in [0.15, 0.2) is 0 Å². The number of carbonyl (C=O) groups is 1. The highest BCUT2D eigenvalue weighted by Gasteiger charge is 2.11. The number of halogens is 1. The summed E-state index contributed by atoms with van der Waals surface area (Å²) >= 11 is 1.21. The second-order valence-corrected chi connectivity index (χ2v) is 4.83. The van der Waals surface area contributed by atoms with Crippen LogP contribution in [0, 0.1) is 5.82 Å². The fraction of sp³-hybridized carbons (Fsp3) is 0. The topological polar surface area (TPSA) is 76.0 Å². The lowest BCUT2D eigenvalue weighted by atomic mass is 10.1. The number of aromatic carboxylic acids is 1. The molecular weight excluding hydrogens is 293 g/mol.